The maximum absolute atomic E-state index is 5.83. The Bertz CT molecular complexity index is 326. The number of rotatable bonds is 2. The molecule has 0 radical (unpaired) electrons. The van der Waals surface area contributed by atoms with Gasteiger partial charge in [0.1, 0.15) is 0 Å². The average molecular weight is 219 g/mol. The van der Waals surface area contributed by atoms with Crippen molar-refractivity contribution in [2.45, 2.75) is 18.9 Å². The van der Waals surface area contributed by atoms with Crippen LogP contribution in [0.2, 0.25) is 10.4 Å². The number of hydrogen-bond donors (Lipinski definition) is 0. The third-order valence-electron chi connectivity index (χ3n) is 2.03. The molecule has 70 valence electrons. The lowest BCUT2D eigenvalue weighted by Crippen LogP contribution is -2.21. The third kappa shape index (κ3) is 1.84. The van der Waals surface area contributed by atoms with Crippen molar-refractivity contribution in [3.63, 3.8) is 0 Å². The Morgan fingerprint density at radius 3 is 2.62 bits per heavy atom. The minimum Gasteiger partial charge on any atom is -0.354 e. The maximum atomic E-state index is 5.83. The fourth-order valence-corrected chi connectivity index (χ4v) is 1.48. The van der Waals surface area contributed by atoms with Gasteiger partial charge < -0.3 is 4.90 Å². The second-order valence-corrected chi connectivity index (χ2v) is 3.73. The van der Waals surface area contributed by atoms with E-state index in [2.05, 4.69) is 15.2 Å². The van der Waals surface area contributed by atoms with Crippen LogP contribution in [-0.4, -0.2) is 28.3 Å². The highest BCUT2D eigenvalue weighted by molar-refractivity contribution is 6.32. The highest BCUT2D eigenvalue weighted by Gasteiger charge is 2.29. The molecule has 0 N–H and O–H groups in total. The van der Waals surface area contributed by atoms with E-state index in [0.717, 1.165) is 0 Å². The molecule has 1 fully saturated rings. The summed E-state index contributed by atoms with van der Waals surface area (Å²) in [5.74, 6) is 0.615. The van der Waals surface area contributed by atoms with Gasteiger partial charge in [-0.1, -0.05) is 11.6 Å². The van der Waals surface area contributed by atoms with Crippen LogP contribution in [0.15, 0.2) is 0 Å². The lowest BCUT2D eigenvalue weighted by molar-refractivity contribution is 0.858. The van der Waals surface area contributed by atoms with Gasteiger partial charge in [0.05, 0.1) is 0 Å². The van der Waals surface area contributed by atoms with Gasteiger partial charge in [-0.25, -0.2) is 0 Å². The summed E-state index contributed by atoms with van der Waals surface area (Å²) in [4.78, 5) is 6.01. The first kappa shape index (κ1) is 8.97. The van der Waals surface area contributed by atoms with Crippen molar-refractivity contribution in [1.82, 2.24) is 15.2 Å². The van der Waals surface area contributed by atoms with Gasteiger partial charge in [0, 0.05) is 13.1 Å². The van der Waals surface area contributed by atoms with Crippen LogP contribution >= 0.6 is 23.2 Å². The normalized spacial score (nSPS) is 15.9. The van der Waals surface area contributed by atoms with E-state index >= 15 is 0 Å². The second-order valence-electron chi connectivity index (χ2n) is 3.04. The molecular weight excluding hydrogens is 211 g/mol. The molecule has 0 aliphatic heterocycles. The summed E-state index contributed by atoms with van der Waals surface area (Å²) in [5.41, 5.74) is 0. The molecule has 0 unspecified atom stereocenters. The van der Waals surface area contributed by atoms with E-state index in [1.807, 2.05) is 11.9 Å². The quantitative estimate of drug-likeness (QED) is 0.760. The van der Waals surface area contributed by atoms with Crippen LogP contribution in [0.5, 0.6) is 0 Å². The van der Waals surface area contributed by atoms with Gasteiger partial charge in [-0.05, 0) is 24.4 Å². The molecule has 0 bridgehead atoms. The predicted octanol–water partition coefficient (Wildman–Crippen LogP) is 1.78. The average Bonchev–Trinajstić information content (AvgIpc) is 2.91. The van der Waals surface area contributed by atoms with E-state index in [4.69, 9.17) is 23.2 Å². The van der Waals surface area contributed by atoms with Crippen LogP contribution in [-0.2, 0) is 0 Å². The minimum atomic E-state index is 0.131. The number of halogens is 2. The standard InChI is InChI=1S/C7H8Cl2N4/c1-13(4-2-3-4)6-5(8)11-12-7(9)10-6/h4H,2-3H2,1H3. The van der Waals surface area contributed by atoms with Crippen LogP contribution in [0, 0.1) is 0 Å². The summed E-state index contributed by atoms with van der Waals surface area (Å²) < 4.78 is 0. The van der Waals surface area contributed by atoms with Crippen LogP contribution in [0.25, 0.3) is 0 Å². The molecule has 1 aromatic heterocycles. The molecule has 4 nitrogen and oxygen atoms in total. The summed E-state index contributed by atoms with van der Waals surface area (Å²) in [6.45, 7) is 0. The first-order valence-electron chi connectivity index (χ1n) is 3.97. The van der Waals surface area contributed by atoms with E-state index in [-0.39, 0.29) is 5.28 Å². The molecule has 1 aliphatic carbocycles. The molecule has 2 rings (SSSR count). The van der Waals surface area contributed by atoms with Gasteiger partial charge >= 0.3 is 0 Å². The van der Waals surface area contributed by atoms with E-state index in [1.54, 1.807) is 0 Å². The zero-order chi connectivity index (χ0) is 9.42. The second kappa shape index (κ2) is 3.27. The lowest BCUT2D eigenvalue weighted by atomic mass is 10.5. The smallest absolute Gasteiger partial charge is 0.245 e. The molecule has 1 saturated carbocycles. The number of aromatic nitrogens is 3. The number of anilines is 1. The highest BCUT2D eigenvalue weighted by atomic mass is 35.5. The first-order chi connectivity index (χ1) is 6.18. The van der Waals surface area contributed by atoms with Crippen LogP contribution in [0.3, 0.4) is 0 Å². The van der Waals surface area contributed by atoms with Gasteiger partial charge in [-0.3, -0.25) is 0 Å². The molecule has 0 saturated heterocycles. The fourth-order valence-electron chi connectivity index (χ4n) is 1.14. The molecule has 13 heavy (non-hydrogen) atoms. The third-order valence-corrected chi connectivity index (χ3v) is 2.44. The fraction of sp³-hybridized carbons (Fsp3) is 0.571. The van der Waals surface area contributed by atoms with Crippen LogP contribution in [0.1, 0.15) is 12.8 Å². The zero-order valence-electron chi connectivity index (χ0n) is 7.04. The molecular formula is C7H8Cl2N4. The molecule has 0 atom stereocenters. The van der Waals surface area contributed by atoms with E-state index in [9.17, 15) is 0 Å². The van der Waals surface area contributed by atoms with Crippen molar-refractivity contribution in [3.8, 4) is 0 Å². The Labute approximate surface area is 85.9 Å². The SMILES string of the molecule is CN(c1nc(Cl)nnc1Cl)C1CC1. The van der Waals surface area contributed by atoms with Gasteiger partial charge in [0.15, 0.2) is 11.0 Å². The van der Waals surface area contributed by atoms with Crippen LogP contribution in [0.4, 0.5) is 5.82 Å². The van der Waals surface area contributed by atoms with Crippen LogP contribution < -0.4 is 4.90 Å². The topological polar surface area (TPSA) is 41.9 Å². The highest BCUT2D eigenvalue weighted by Crippen LogP contribution is 2.31. The molecule has 0 spiro atoms. The molecule has 1 aromatic rings. The lowest BCUT2D eigenvalue weighted by Gasteiger charge is -2.17. The van der Waals surface area contributed by atoms with Crippen molar-refractivity contribution in [2.24, 2.45) is 0 Å². The Morgan fingerprint density at radius 1 is 1.31 bits per heavy atom. The number of nitrogens with zero attached hydrogens (tertiary/aromatic N) is 4. The summed E-state index contributed by atoms with van der Waals surface area (Å²) in [6, 6.07) is 0.533. The summed E-state index contributed by atoms with van der Waals surface area (Å²) >= 11 is 11.4. The maximum Gasteiger partial charge on any atom is 0.245 e. The summed E-state index contributed by atoms with van der Waals surface area (Å²) in [7, 11) is 1.93. The van der Waals surface area contributed by atoms with E-state index in [1.165, 1.54) is 12.8 Å². The molecule has 0 aromatic carbocycles. The first-order valence-corrected chi connectivity index (χ1v) is 4.72. The Balaban J connectivity index is 2.31. The van der Waals surface area contributed by atoms with Crippen molar-refractivity contribution in [2.75, 3.05) is 11.9 Å². The molecule has 1 heterocycles. The van der Waals surface area contributed by atoms with Gasteiger partial charge in [-0.2, -0.15) is 4.98 Å². The van der Waals surface area contributed by atoms with Gasteiger partial charge in [-0.15, -0.1) is 10.2 Å². The van der Waals surface area contributed by atoms with Gasteiger partial charge in [0.25, 0.3) is 0 Å². The molecule has 0 amide bonds. The monoisotopic (exact) mass is 218 g/mol. The van der Waals surface area contributed by atoms with Crippen molar-refractivity contribution in [3.05, 3.63) is 10.4 Å². The van der Waals surface area contributed by atoms with E-state index < -0.39 is 0 Å². The predicted molar refractivity (Wildman–Crippen MR) is 51.3 cm³/mol. The van der Waals surface area contributed by atoms with Crippen molar-refractivity contribution >= 4 is 29.0 Å². The zero-order valence-corrected chi connectivity index (χ0v) is 8.55. The molecule has 1 aliphatic rings. The van der Waals surface area contributed by atoms with Crippen molar-refractivity contribution < 1.29 is 0 Å². The Kier molecular flexibility index (Phi) is 2.26. The Hall–Kier alpha value is -0.610. The van der Waals surface area contributed by atoms with E-state index in [0.29, 0.717) is 17.0 Å². The van der Waals surface area contributed by atoms with Gasteiger partial charge in [0.2, 0.25) is 5.28 Å². The summed E-state index contributed by atoms with van der Waals surface area (Å²) in [5, 5.41) is 7.67. The molecule has 6 heteroatoms. The van der Waals surface area contributed by atoms with Crippen molar-refractivity contribution in [1.29, 1.82) is 0 Å². The largest absolute Gasteiger partial charge is 0.354 e. The minimum absolute atomic E-state index is 0.131. The Morgan fingerprint density at radius 2 is 2.00 bits per heavy atom. The number of hydrogen-bond acceptors (Lipinski definition) is 4. The summed E-state index contributed by atoms with van der Waals surface area (Å²) in [6.07, 6.45) is 2.35.